The summed E-state index contributed by atoms with van der Waals surface area (Å²) in [6.07, 6.45) is 0. The summed E-state index contributed by atoms with van der Waals surface area (Å²) in [6, 6.07) is 6.32. The van der Waals surface area contributed by atoms with Crippen molar-refractivity contribution in [3.8, 4) is 6.07 Å². The van der Waals surface area contributed by atoms with Crippen LogP contribution in [0.3, 0.4) is 0 Å². The number of fused-ring (bicyclic) bond motifs is 2. The van der Waals surface area contributed by atoms with Gasteiger partial charge in [0, 0.05) is 18.2 Å². The molecule has 164 valence electrons. The molecule has 0 unspecified atom stereocenters. The van der Waals surface area contributed by atoms with Crippen molar-refractivity contribution in [2.75, 3.05) is 5.32 Å². The van der Waals surface area contributed by atoms with Gasteiger partial charge >= 0.3 is 0 Å². The molecule has 12 nitrogen and oxygen atoms in total. The number of sulfonamides is 1. The highest BCUT2D eigenvalue weighted by Crippen LogP contribution is 2.38. The number of aromatic nitrogens is 4. The van der Waals surface area contributed by atoms with Crippen molar-refractivity contribution >= 4 is 60.5 Å². The van der Waals surface area contributed by atoms with Crippen LogP contribution in [0, 0.1) is 11.3 Å². The van der Waals surface area contributed by atoms with Crippen LogP contribution in [0.1, 0.15) is 38.1 Å². The van der Waals surface area contributed by atoms with Crippen molar-refractivity contribution in [1.82, 2.24) is 19.0 Å². The van der Waals surface area contributed by atoms with Crippen LogP contribution < -0.4 is 10.5 Å². The van der Waals surface area contributed by atoms with E-state index in [0.717, 1.165) is 11.5 Å². The van der Waals surface area contributed by atoms with Crippen LogP contribution in [0.2, 0.25) is 0 Å². The number of nitriles is 1. The Balaban J connectivity index is 1.90. The molecule has 1 amide bonds. The van der Waals surface area contributed by atoms with Gasteiger partial charge in [0.2, 0.25) is 21.7 Å². The molecular formula is C18H17N9O3S2. The fourth-order valence-electron chi connectivity index (χ4n) is 3.02. The van der Waals surface area contributed by atoms with Crippen LogP contribution in [0.25, 0.3) is 16.6 Å². The molecule has 0 atom stereocenters. The van der Waals surface area contributed by atoms with E-state index in [1.165, 1.54) is 29.6 Å². The zero-order valence-electron chi connectivity index (χ0n) is 17.1. The highest BCUT2D eigenvalue weighted by Gasteiger charge is 2.24. The average molecular weight is 472 g/mol. The molecule has 0 saturated carbocycles. The molecule has 0 aliphatic carbocycles. The van der Waals surface area contributed by atoms with E-state index in [2.05, 4.69) is 36.1 Å². The van der Waals surface area contributed by atoms with Gasteiger partial charge < -0.3 is 5.32 Å². The monoisotopic (exact) mass is 471 g/mol. The van der Waals surface area contributed by atoms with Crippen LogP contribution in [-0.4, -0.2) is 33.3 Å². The SMILES string of the molecule is CC(=O)Nc1c(C#N)c2nc(C(C)C)[nH]n2c1/N=N/c1snc2ccc(S(N)(=O)=O)cc12. The van der Waals surface area contributed by atoms with Gasteiger partial charge in [-0.2, -0.15) is 9.64 Å². The number of hydrogen-bond acceptors (Lipinski definition) is 9. The molecule has 4 N–H and O–H groups in total. The third-order valence-electron chi connectivity index (χ3n) is 4.53. The normalized spacial score (nSPS) is 12.2. The van der Waals surface area contributed by atoms with Gasteiger partial charge in [0.25, 0.3) is 0 Å². The fourth-order valence-corrected chi connectivity index (χ4v) is 4.24. The summed E-state index contributed by atoms with van der Waals surface area (Å²) in [5.41, 5.74) is 1.14. The van der Waals surface area contributed by atoms with Crippen molar-refractivity contribution in [1.29, 1.82) is 5.26 Å². The molecule has 0 aliphatic rings. The van der Waals surface area contributed by atoms with Gasteiger partial charge in [-0.3, -0.25) is 9.89 Å². The number of aromatic amines is 1. The lowest BCUT2D eigenvalue weighted by Gasteiger charge is -2.02. The minimum atomic E-state index is -3.91. The van der Waals surface area contributed by atoms with Crippen molar-refractivity contribution in [3.63, 3.8) is 0 Å². The average Bonchev–Trinajstić information content (AvgIpc) is 3.38. The van der Waals surface area contributed by atoms with E-state index in [4.69, 9.17) is 5.14 Å². The molecule has 0 saturated heterocycles. The summed E-state index contributed by atoms with van der Waals surface area (Å²) in [6.45, 7) is 5.19. The number of primary sulfonamides is 1. The summed E-state index contributed by atoms with van der Waals surface area (Å²) in [5, 5.41) is 29.8. The van der Waals surface area contributed by atoms with E-state index in [9.17, 15) is 18.5 Å². The first-order valence-electron chi connectivity index (χ1n) is 9.26. The quantitative estimate of drug-likeness (QED) is 0.375. The first-order chi connectivity index (χ1) is 15.1. The maximum absolute atomic E-state index is 11.7. The predicted octanol–water partition coefficient (Wildman–Crippen LogP) is 3.29. The number of rotatable bonds is 5. The van der Waals surface area contributed by atoms with Crippen molar-refractivity contribution in [2.45, 2.75) is 31.6 Å². The zero-order valence-corrected chi connectivity index (χ0v) is 18.7. The number of carbonyl (C=O) groups is 1. The van der Waals surface area contributed by atoms with Crippen LogP contribution in [-0.2, 0) is 14.8 Å². The summed E-state index contributed by atoms with van der Waals surface area (Å²) >= 11 is 1.02. The molecule has 1 aromatic carbocycles. The van der Waals surface area contributed by atoms with Crippen LogP contribution >= 0.6 is 11.5 Å². The van der Waals surface area contributed by atoms with Gasteiger partial charge in [0.1, 0.15) is 23.1 Å². The molecule has 3 aromatic heterocycles. The van der Waals surface area contributed by atoms with Gasteiger partial charge in [-0.1, -0.05) is 13.8 Å². The molecule has 0 bridgehead atoms. The van der Waals surface area contributed by atoms with E-state index in [0.29, 0.717) is 27.4 Å². The van der Waals surface area contributed by atoms with E-state index in [-0.39, 0.29) is 27.9 Å². The van der Waals surface area contributed by atoms with Gasteiger partial charge in [0.05, 0.1) is 10.4 Å². The number of benzene rings is 1. The van der Waals surface area contributed by atoms with Gasteiger partial charge in [-0.15, -0.1) is 10.2 Å². The standard InChI is InChI=1S/C18H17N9O3S2/c1-8(2)15-22-16-12(7-19)14(21-9(3)28)17(27(16)25-15)23-24-18-11-6-10(32(20,29)30)4-5-13(11)26-31-18/h4-6,8H,1-3H3,(H,21,28)(H,22,25)(H2,20,29,30)/b24-23+. The maximum atomic E-state index is 11.7. The molecule has 0 spiro atoms. The van der Waals surface area contributed by atoms with Gasteiger partial charge in [-0.25, -0.2) is 23.1 Å². The number of anilines is 1. The van der Waals surface area contributed by atoms with Crippen LogP contribution in [0.15, 0.2) is 33.3 Å². The molecule has 0 fully saturated rings. The molecule has 0 radical (unpaired) electrons. The molecule has 4 aromatic rings. The highest BCUT2D eigenvalue weighted by atomic mass is 32.2. The van der Waals surface area contributed by atoms with E-state index >= 15 is 0 Å². The summed E-state index contributed by atoms with van der Waals surface area (Å²) in [5.74, 6) is 0.451. The topological polar surface area (TPSA) is 184 Å². The Labute approximate surface area is 186 Å². The molecule has 32 heavy (non-hydrogen) atoms. The van der Waals surface area contributed by atoms with E-state index < -0.39 is 15.9 Å². The summed E-state index contributed by atoms with van der Waals surface area (Å²) in [7, 11) is -3.91. The van der Waals surface area contributed by atoms with Gasteiger partial charge in [0.15, 0.2) is 10.6 Å². The van der Waals surface area contributed by atoms with Crippen molar-refractivity contribution < 1.29 is 13.2 Å². The third kappa shape index (κ3) is 3.73. The second-order valence-corrected chi connectivity index (χ2v) is 9.51. The summed E-state index contributed by atoms with van der Waals surface area (Å²) in [4.78, 5) is 16.1. The Kier molecular flexibility index (Phi) is 5.25. The third-order valence-corrected chi connectivity index (χ3v) is 6.20. The molecule has 0 aliphatic heterocycles. The molecule has 14 heteroatoms. The maximum Gasteiger partial charge on any atom is 0.238 e. The summed E-state index contributed by atoms with van der Waals surface area (Å²) < 4.78 is 29.1. The predicted molar refractivity (Wildman–Crippen MR) is 118 cm³/mol. The minimum absolute atomic E-state index is 0.0533. The van der Waals surface area contributed by atoms with Crippen molar-refractivity contribution in [2.24, 2.45) is 15.4 Å². The Morgan fingerprint density at radius 3 is 2.75 bits per heavy atom. The number of nitrogens with one attached hydrogen (secondary N) is 2. The number of nitrogens with zero attached hydrogens (tertiary/aromatic N) is 6. The number of azo groups is 1. The second kappa shape index (κ2) is 7.79. The lowest BCUT2D eigenvalue weighted by Crippen LogP contribution is -2.11. The molecular weight excluding hydrogens is 454 g/mol. The van der Waals surface area contributed by atoms with Crippen molar-refractivity contribution in [3.05, 3.63) is 29.6 Å². The molecule has 3 heterocycles. The largest absolute Gasteiger partial charge is 0.322 e. The Morgan fingerprint density at radius 1 is 1.38 bits per heavy atom. The van der Waals surface area contributed by atoms with Gasteiger partial charge in [-0.05, 0) is 29.7 Å². The Hall–Kier alpha value is -3.67. The first kappa shape index (κ1) is 21.6. The Morgan fingerprint density at radius 2 is 2.12 bits per heavy atom. The highest BCUT2D eigenvalue weighted by molar-refractivity contribution is 7.89. The Bertz CT molecular complexity index is 1550. The lowest BCUT2D eigenvalue weighted by molar-refractivity contribution is -0.114. The number of hydrogen-bond donors (Lipinski definition) is 3. The number of amides is 1. The fraction of sp³-hybridized carbons (Fsp3) is 0.222. The lowest BCUT2D eigenvalue weighted by atomic mass is 10.2. The molecule has 4 rings (SSSR count). The smallest absolute Gasteiger partial charge is 0.238 e. The van der Waals surface area contributed by atoms with E-state index in [1.54, 1.807) is 0 Å². The minimum Gasteiger partial charge on any atom is -0.322 e. The second-order valence-electron chi connectivity index (χ2n) is 7.20. The zero-order chi connectivity index (χ0) is 23.2. The first-order valence-corrected chi connectivity index (χ1v) is 11.6. The number of nitrogens with two attached hydrogens (primary N) is 1. The van der Waals surface area contributed by atoms with Crippen LogP contribution in [0.5, 0.6) is 0 Å². The van der Waals surface area contributed by atoms with E-state index in [1.807, 2.05) is 13.8 Å². The van der Waals surface area contributed by atoms with Crippen LogP contribution in [0.4, 0.5) is 16.5 Å². The number of H-pyrrole nitrogens is 1. The number of carbonyl (C=O) groups excluding carboxylic acids is 1.